The molecule has 0 aromatic carbocycles. The van der Waals surface area contributed by atoms with E-state index in [1.807, 2.05) is 0 Å². The number of unbranched alkanes of at least 4 members (excludes halogenated alkanes) is 1. The summed E-state index contributed by atoms with van der Waals surface area (Å²) in [5.41, 5.74) is 0. The topological polar surface area (TPSA) is 27.7 Å². The lowest BCUT2D eigenvalue weighted by atomic mass is 10.4. The molecular weight excluding hydrogens is 204 g/mol. The predicted molar refractivity (Wildman–Crippen MR) is 65.8 cm³/mol. The van der Waals surface area contributed by atoms with E-state index >= 15 is 0 Å². The van der Waals surface area contributed by atoms with Crippen molar-refractivity contribution in [2.45, 2.75) is 45.6 Å². The van der Waals surface area contributed by atoms with Crippen LogP contribution >= 0.6 is 0 Å². The van der Waals surface area contributed by atoms with Gasteiger partial charge in [-0.3, -0.25) is 0 Å². The maximum atomic E-state index is 5.19. The Morgan fingerprint density at radius 3 is 1.12 bits per heavy atom. The van der Waals surface area contributed by atoms with Crippen LogP contribution in [0.1, 0.15) is 26.7 Å². The molecule has 92 valence electrons. The second-order valence-corrected chi connectivity index (χ2v) is 3.22. The molecule has 1 rings (SSSR count). The molecule has 3 nitrogen and oxygen atoms in total. The highest BCUT2D eigenvalue weighted by molar-refractivity contribution is 4.85. The fourth-order valence-electron chi connectivity index (χ4n) is 0.826. The molecule has 1 saturated heterocycles. The van der Waals surface area contributed by atoms with Gasteiger partial charge in [0.05, 0.1) is 0 Å². The molecule has 0 aliphatic carbocycles. The van der Waals surface area contributed by atoms with E-state index in [2.05, 4.69) is 33.6 Å². The maximum Gasteiger partial charge on any atom is 0.183 e. The van der Waals surface area contributed by atoms with E-state index in [1.54, 1.807) is 18.2 Å². The van der Waals surface area contributed by atoms with Gasteiger partial charge in [0.15, 0.2) is 18.9 Å². The Bertz CT molecular complexity index is 172. The summed E-state index contributed by atoms with van der Waals surface area (Å²) >= 11 is 0. The van der Waals surface area contributed by atoms with Crippen molar-refractivity contribution in [3.63, 3.8) is 0 Å². The van der Waals surface area contributed by atoms with Gasteiger partial charge in [-0.25, -0.2) is 0 Å². The highest BCUT2D eigenvalue weighted by atomic mass is 16.9. The molecule has 0 N–H and O–H groups in total. The van der Waals surface area contributed by atoms with E-state index in [-0.39, 0.29) is 0 Å². The zero-order chi connectivity index (χ0) is 12.4. The molecule has 1 aliphatic rings. The normalized spacial score (nSPS) is 28.5. The molecule has 3 heteroatoms. The van der Waals surface area contributed by atoms with Crippen molar-refractivity contribution in [2.24, 2.45) is 0 Å². The van der Waals surface area contributed by atoms with Crippen molar-refractivity contribution in [1.29, 1.82) is 0 Å². The first-order chi connectivity index (χ1) is 7.71. The van der Waals surface area contributed by atoms with E-state index in [4.69, 9.17) is 14.2 Å². The lowest BCUT2D eigenvalue weighted by Gasteiger charge is -2.31. The van der Waals surface area contributed by atoms with Crippen molar-refractivity contribution in [2.75, 3.05) is 0 Å². The van der Waals surface area contributed by atoms with Crippen molar-refractivity contribution >= 4 is 0 Å². The van der Waals surface area contributed by atoms with Gasteiger partial charge in [-0.15, -0.1) is 0 Å². The summed E-state index contributed by atoms with van der Waals surface area (Å²) < 4.78 is 15.6. The quantitative estimate of drug-likeness (QED) is 0.688. The number of ether oxygens (including phenoxy) is 3. The molecule has 0 spiro atoms. The van der Waals surface area contributed by atoms with Crippen LogP contribution in [-0.2, 0) is 14.2 Å². The van der Waals surface area contributed by atoms with Gasteiger partial charge < -0.3 is 14.2 Å². The Hall–Kier alpha value is -0.900. The van der Waals surface area contributed by atoms with Gasteiger partial charge in [-0.05, 0) is 18.2 Å². The van der Waals surface area contributed by atoms with E-state index in [9.17, 15) is 0 Å². The molecule has 0 saturated carbocycles. The largest absolute Gasteiger partial charge is 0.316 e. The second-order valence-electron chi connectivity index (χ2n) is 3.22. The van der Waals surface area contributed by atoms with Crippen molar-refractivity contribution in [3.8, 4) is 0 Å². The van der Waals surface area contributed by atoms with Crippen LogP contribution < -0.4 is 0 Å². The number of hydrogen-bond donors (Lipinski definition) is 0. The molecule has 0 aromatic heterocycles. The van der Waals surface area contributed by atoms with Crippen LogP contribution in [0.15, 0.2) is 38.0 Å². The number of hydrogen-bond acceptors (Lipinski definition) is 3. The van der Waals surface area contributed by atoms with Crippen molar-refractivity contribution < 1.29 is 14.2 Å². The average Bonchev–Trinajstić information content (AvgIpc) is 2.38. The van der Waals surface area contributed by atoms with Crippen LogP contribution in [0.3, 0.4) is 0 Å². The van der Waals surface area contributed by atoms with Gasteiger partial charge >= 0.3 is 0 Å². The average molecular weight is 226 g/mol. The monoisotopic (exact) mass is 226 g/mol. The molecule has 16 heavy (non-hydrogen) atoms. The fourth-order valence-corrected chi connectivity index (χ4v) is 0.826. The summed E-state index contributed by atoms with van der Waals surface area (Å²) in [6.45, 7) is 15.0. The van der Waals surface area contributed by atoms with Gasteiger partial charge in [-0.2, -0.15) is 0 Å². The first-order valence-corrected chi connectivity index (χ1v) is 5.55. The van der Waals surface area contributed by atoms with Crippen LogP contribution in [0, 0.1) is 0 Å². The Morgan fingerprint density at radius 1 is 0.750 bits per heavy atom. The standard InChI is InChI=1S/C9H12O3.C4H10/c1-4-7-10-8(5-2)12-9(6-3)11-7;1-3-4-2/h4-9H,1-3H2;3-4H2,1-2H3. The lowest BCUT2D eigenvalue weighted by Crippen LogP contribution is -2.37. The minimum absolute atomic E-state index is 0.454. The summed E-state index contributed by atoms with van der Waals surface area (Å²) in [6, 6.07) is 0. The molecular formula is C13H22O3. The van der Waals surface area contributed by atoms with Crippen molar-refractivity contribution in [1.82, 2.24) is 0 Å². The Morgan fingerprint density at radius 2 is 1.00 bits per heavy atom. The van der Waals surface area contributed by atoms with Gasteiger partial charge in [0, 0.05) is 0 Å². The molecule has 0 bridgehead atoms. The Balaban J connectivity index is 0.000000487. The zero-order valence-electron chi connectivity index (χ0n) is 10.2. The van der Waals surface area contributed by atoms with Gasteiger partial charge in [0.1, 0.15) is 0 Å². The zero-order valence-corrected chi connectivity index (χ0v) is 10.2. The molecule has 0 radical (unpaired) electrons. The van der Waals surface area contributed by atoms with Gasteiger partial charge in [0.25, 0.3) is 0 Å². The second kappa shape index (κ2) is 9.33. The molecule has 0 amide bonds. The highest BCUT2D eigenvalue weighted by Gasteiger charge is 2.24. The molecule has 1 aliphatic heterocycles. The van der Waals surface area contributed by atoms with Crippen LogP contribution in [-0.4, -0.2) is 18.9 Å². The van der Waals surface area contributed by atoms with E-state index in [0.29, 0.717) is 0 Å². The third-order valence-corrected chi connectivity index (χ3v) is 1.88. The van der Waals surface area contributed by atoms with Crippen LogP contribution in [0.5, 0.6) is 0 Å². The fraction of sp³-hybridized carbons (Fsp3) is 0.538. The molecule has 1 fully saturated rings. The lowest BCUT2D eigenvalue weighted by molar-refractivity contribution is -0.340. The highest BCUT2D eigenvalue weighted by Crippen LogP contribution is 2.17. The third-order valence-electron chi connectivity index (χ3n) is 1.88. The van der Waals surface area contributed by atoms with E-state index < -0.39 is 18.9 Å². The van der Waals surface area contributed by atoms with Crippen LogP contribution in [0.4, 0.5) is 0 Å². The molecule has 0 aromatic rings. The summed E-state index contributed by atoms with van der Waals surface area (Å²) in [6.07, 6.45) is 5.93. The SMILES string of the molecule is C=CC1OC(C=C)OC(C=C)O1.CCCC. The van der Waals surface area contributed by atoms with E-state index in [1.165, 1.54) is 12.8 Å². The molecule has 0 unspecified atom stereocenters. The molecule has 0 atom stereocenters. The summed E-state index contributed by atoms with van der Waals surface area (Å²) in [4.78, 5) is 0. The van der Waals surface area contributed by atoms with Gasteiger partial charge in [0.2, 0.25) is 0 Å². The predicted octanol–water partition coefficient (Wildman–Crippen LogP) is 3.39. The minimum atomic E-state index is -0.454. The first kappa shape index (κ1) is 15.1. The number of rotatable bonds is 4. The summed E-state index contributed by atoms with van der Waals surface area (Å²) in [5, 5.41) is 0. The summed E-state index contributed by atoms with van der Waals surface area (Å²) in [7, 11) is 0. The molecule has 1 heterocycles. The van der Waals surface area contributed by atoms with Crippen LogP contribution in [0.2, 0.25) is 0 Å². The maximum absolute atomic E-state index is 5.19. The van der Waals surface area contributed by atoms with Crippen molar-refractivity contribution in [3.05, 3.63) is 38.0 Å². The first-order valence-electron chi connectivity index (χ1n) is 5.55. The van der Waals surface area contributed by atoms with Gasteiger partial charge in [-0.1, -0.05) is 46.4 Å². The Labute approximate surface area is 98.4 Å². The Kier molecular flexibility index (Phi) is 8.81. The smallest absolute Gasteiger partial charge is 0.183 e. The summed E-state index contributed by atoms with van der Waals surface area (Å²) in [5.74, 6) is 0. The van der Waals surface area contributed by atoms with E-state index in [0.717, 1.165) is 0 Å². The minimum Gasteiger partial charge on any atom is -0.316 e. The van der Waals surface area contributed by atoms with Crippen LogP contribution in [0.25, 0.3) is 0 Å². The third kappa shape index (κ3) is 5.85.